The van der Waals surface area contributed by atoms with E-state index in [9.17, 15) is 0 Å². The Hall–Kier alpha value is -0.0400. The van der Waals surface area contributed by atoms with Gasteiger partial charge >= 0.3 is 0 Å². The molecule has 0 heterocycles. The summed E-state index contributed by atoms with van der Waals surface area (Å²) >= 11 is 0. The maximum absolute atomic E-state index is 9.13. The molecule has 0 amide bonds. The molecule has 70 valence electrons. The Labute approximate surface area is 75.2 Å². The second-order valence-electron chi connectivity index (χ2n) is 4.85. The number of aliphatic hydroxyl groups is 1. The van der Waals surface area contributed by atoms with Gasteiger partial charge in [0.05, 0.1) is 0 Å². The van der Waals surface area contributed by atoms with Crippen molar-refractivity contribution in [3.8, 4) is 0 Å². The van der Waals surface area contributed by atoms with Gasteiger partial charge < -0.3 is 5.11 Å². The van der Waals surface area contributed by atoms with Crippen molar-refractivity contribution in [2.75, 3.05) is 6.61 Å². The lowest BCUT2D eigenvalue weighted by Crippen LogP contribution is -2.27. The van der Waals surface area contributed by atoms with Crippen LogP contribution >= 0.6 is 0 Å². The standard InChI is InChI=1S/C11H20O/c12-9-10-4-3-7-11(8-10)5-1-2-6-11/h10,12H,1-9H2. The Morgan fingerprint density at radius 3 is 2.42 bits per heavy atom. The lowest BCUT2D eigenvalue weighted by molar-refractivity contribution is 0.0979. The van der Waals surface area contributed by atoms with Crippen molar-refractivity contribution in [3.05, 3.63) is 0 Å². The fourth-order valence-corrected chi connectivity index (χ4v) is 3.32. The van der Waals surface area contributed by atoms with Gasteiger partial charge in [-0.25, -0.2) is 0 Å². The van der Waals surface area contributed by atoms with Crippen LogP contribution in [0.4, 0.5) is 0 Å². The average Bonchev–Trinajstić information content (AvgIpc) is 2.53. The van der Waals surface area contributed by atoms with E-state index in [-0.39, 0.29) is 0 Å². The smallest absolute Gasteiger partial charge is 0.0459 e. The fraction of sp³-hybridized carbons (Fsp3) is 1.00. The summed E-state index contributed by atoms with van der Waals surface area (Å²) in [5.41, 5.74) is 0.686. The molecule has 2 saturated carbocycles. The first-order valence-electron chi connectivity index (χ1n) is 5.46. The molecule has 2 rings (SSSR count). The molecular formula is C11H20O. The molecule has 0 bridgehead atoms. The van der Waals surface area contributed by atoms with Crippen LogP contribution in [0.25, 0.3) is 0 Å². The van der Waals surface area contributed by atoms with Crippen LogP contribution in [0.3, 0.4) is 0 Å². The van der Waals surface area contributed by atoms with Gasteiger partial charge in [-0.1, -0.05) is 19.3 Å². The molecule has 2 aliphatic carbocycles. The minimum Gasteiger partial charge on any atom is -0.396 e. The highest BCUT2D eigenvalue weighted by Crippen LogP contribution is 2.50. The molecule has 1 heteroatoms. The third-order valence-corrected chi connectivity index (χ3v) is 3.96. The molecule has 0 aromatic carbocycles. The fourth-order valence-electron chi connectivity index (χ4n) is 3.32. The van der Waals surface area contributed by atoms with E-state index < -0.39 is 0 Å². The predicted molar refractivity (Wildman–Crippen MR) is 49.9 cm³/mol. The molecular weight excluding hydrogens is 148 g/mol. The third-order valence-electron chi connectivity index (χ3n) is 3.96. The minimum atomic E-state index is 0.432. The topological polar surface area (TPSA) is 20.2 Å². The van der Waals surface area contributed by atoms with Crippen molar-refractivity contribution in [3.63, 3.8) is 0 Å². The molecule has 0 aromatic heterocycles. The van der Waals surface area contributed by atoms with Crippen molar-refractivity contribution in [1.29, 1.82) is 0 Å². The van der Waals surface area contributed by atoms with Gasteiger partial charge in [-0.2, -0.15) is 0 Å². The van der Waals surface area contributed by atoms with Crippen LogP contribution in [0.1, 0.15) is 51.4 Å². The summed E-state index contributed by atoms with van der Waals surface area (Å²) in [5.74, 6) is 0.636. The van der Waals surface area contributed by atoms with Gasteiger partial charge in [0.25, 0.3) is 0 Å². The van der Waals surface area contributed by atoms with Crippen LogP contribution in [0, 0.1) is 11.3 Å². The van der Waals surface area contributed by atoms with Gasteiger partial charge in [0.2, 0.25) is 0 Å². The van der Waals surface area contributed by atoms with E-state index in [4.69, 9.17) is 5.11 Å². The summed E-state index contributed by atoms with van der Waals surface area (Å²) in [7, 11) is 0. The summed E-state index contributed by atoms with van der Waals surface area (Å²) in [6.07, 6.45) is 11.2. The quantitative estimate of drug-likeness (QED) is 0.638. The highest BCUT2D eigenvalue weighted by molar-refractivity contribution is 4.89. The summed E-state index contributed by atoms with van der Waals surface area (Å²) in [6.45, 7) is 0.432. The Bertz CT molecular complexity index is 147. The Balaban J connectivity index is 1.97. The third kappa shape index (κ3) is 1.52. The summed E-state index contributed by atoms with van der Waals surface area (Å²) < 4.78 is 0. The molecule has 12 heavy (non-hydrogen) atoms. The molecule has 1 unspecified atom stereocenters. The SMILES string of the molecule is OCC1CCCC2(CCCC2)C1. The van der Waals surface area contributed by atoms with Gasteiger partial charge in [-0.05, 0) is 43.4 Å². The number of hydrogen-bond acceptors (Lipinski definition) is 1. The van der Waals surface area contributed by atoms with Crippen molar-refractivity contribution < 1.29 is 5.11 Å². The van der Waals surface area contributed by atoms with Crippen molar-refractivity contribution in [1.82, 2.24) is 0 Å². The van der Waals surface area contributed by atoms with Gasteiger partial charge in [-0.15, -0.1) is 0 Å². The first kappa shape index (κ1) is 8.55. The van der Waals surface area contributed by atoms with E-state index in [2.05, 4.69) is 0 Å². The van der Waals surface area contributed by atoms with E-state index in [0.29, 0.717) is 17.9 Å². The average molecular weight is 168 g/mol. The van der Waals surface area contributed by atoms with Crippen LogP contribution in [-0.4, -0.2) is 11.7 Å². The summed E-state index contributed by atoms with van der Waals surface area (Å²) in [6, 6.07) is 0. The van der Waals surface area contributed by atoms with E-state index in [0.717, 1.165) is 0 Å². The maximum atomic E-state index is 9.13. The second kappa shape index (κ2) is 3.37. The Morgan fingerprint density at radius 2 is 1.75 bits per heavy atom. The van der Waals surface area contributed by atoms with Crippen LogP contribution in [0.2, 0.25) is 0 Å². The highest BCUT2D eigenvalue weighted by atomic mass is 16.3. The van der Waals surface area contributed by atoms with Gasteiger partial charge in [0.1, 0.15) is 0 Å². The van der Waals surface area contributed by atoms with Crippen LogP contribution < -0.4 is 0 Å². The number of hydrogen-bond donors (Lipinski definition) is 1. The van der Waals surface area contributed by atoms with Gasteiger partial charge in [0.15, 0.2) is 0 Å². The Morgan fingerprint density at radius 1 is 1.08 bits per heavy atom. The maximum Gasteiger partial charge on any atom is 0.0459 e. The van der Waals surface area contributed by atoms with E-state index in [1.807, 2.05) is 0 Å². The molecule has 1 N–H and O–H groups in total. The first-order chi connectivity index (χ1) is 5.85. The second-order valence-corrected chi connectivity index (χ2v) is 4.85. The molecule has 1 spiro atoms. The largest absolute Gasteiger partial charge is 0.396 e. The molecule has 0 aliphatic heterocycles. The molecule has 0 radical (unpaired) electrons. The molecule has 2 aliphatic rings. The van der Waals surface area contributed by atoms with Crippen LogP contribution in [-0.2, 0) is 0 Å². The molecule has 2 fully saturated rings. The Kier molecular flexibility index (Phi) is 2.40. The van der Waals surface area contributed by atoms with E-state index >= 15 is 0 Å². The van der Waals surface area contributed by atoms with Crippen molar-refractivity contribution >= 4 is 0 Å². The van der Waals surface area contributed by atoms with Gasteiger partial charge in [-0.3, -0.25) is 0 Å². The predicted octanol–water partition coefficient (Wildman–Crippen LogP) is 2.73. The summed E-state index contributed by atoms with van der Waals surface area (Å²) in [4.78, 5) is 0. The molecule has 1 nitrogen and oxygen atoms in total. The first-order valence-corrected chi connectivity index (χ1v) is 5.46. The monoisotopic (exact) mass is 168 g/mol. The molecule has 0 aromatic rings. The van der Waals surface area contributed by atoms with Crippen LogP contribution in [0.5, 0.6) is 0 Å². The van der Waals surface area contributed by atoms with Gasteiger partial charge in [0, 0.05) is 6.61 Å². The number of aliphatic hydroxyl groups excluding tert-OH is 1. The lowest BCUT2D eigenvalue weighted by Gasteiger charge is -2.37. The zero-order chi connectivity index (χ0) is 8.44. The lowest BCUT2D eigenvalue weighted by atomic mass is 9.69. The van der Waals surface area contributed by atoms with E-state index in [1.165, 1.54) is 51.4 Å². The van der Waals surface area contributed by atoms with E-state index in [1.54, 1.807) is 0 Å². The normalized spacial score (nSPS) is 34.2. The van der Waals surface area contributed by atoms with Crippen molar-refractivity contribution in [2.24, 2.45) is 11.3 Å². The molecule has 1 atom stereocenters. The van der Waals surface area contributed by atoms with Crippen molar-refractivity contribution in [2.45, 2.75) is 51.4 Å². The zero-order valence-electron chi connectivity index (χ0n) is 7.89. The molecule has 0 saturated heterocycles. The zero-order valence-corrected chi connectivity index (χ0v) is 7.89. The highest BCUT2D eigenvalue weighted by Gasteiger charge is 2.37. The minimum absolute atomic E-state index is 0.432. The summed E-state index contributed by atoms with van der Waals surface area (Å²) in [5, 5.41) is 9.13. The van der Waals surface area contributed by atoms with Crippen LogP contribution in [0.15, 0.2) is 0 Å². The number of rotatable bonds is 1.